The van der Waals surface area contributed by atoms with Crippen LogP contribution in [-0.4, -0.2) is 20.8 Å². The molecule has 2 N–H and O–H groups in total. The summed E-state index contributed by atoms with van der Waals surface area (Å²) in [4.78, 5) is 0. The summed E-state index contributed by atoms with van der Waals surface area (Å²) in [6.45, 7) is 0.719. The van der Waals surface area contributed by atoms with Gasteiger partial charge in [0, 0.05) is 0 Å². The van der Waals surface area contributed by atoms with Crippen LogP contribution in [0.5, 0.6) is 11.5 Å². The number of nitrogens with two attached hydrogens (primary N) is 1. The van der Waals surface area contributed by atoms with Crippen molar-refractivity contribution in [1.29, 1.82) is 0 Å². The first-order valence-electron chi connectivity index (χ1n) is 6.07. The lowest BCUT2D eigenvalue weighted by molar-refractivity contribution is 0.174. The molecule has 0 aliphatic carbocycles. The Morgan fingerprint density at radius 3 is 2.39 bits per heavy atom. The predicted octanol–water partition coefficient (Wildman–Crippen LogP) is 2.40. The van der Waals surface area contributed by atoms with Gasteiger partial charge in [-0.2, -0.15) is 0 Å². The van der Waals surface area contributed by atoms with Crippen LogP contribution in [0.1, 0.15) is 24.4 Å². The van der Waals surface area contributed by atoms with Gasteiger partial charge >= 0.3 is 0 Å². The third-order valence-corrected chi connectivity index (χ3v) is 3.05. The Balaban J connectivity index is 2.38. The highest BCUT2D eigenvalue weighted by Crippen LogP contribution is 2.37. The van der Waals surface area contributed by atoms with Crippen LogP contribution in [0.3, 0.4) is 0 Å². The number of methoxy groups -OCH3 is 2. The molecular formula is C14H19NO3. The molecule has 1 aromatic carbocycles. The normalized spacial score (nSPS) is 16.5. The highest BCUT2D eigenvalue weighted by molar-refractivity contribution is 5.49. The highest BCUT2D eigenvalue weighted by Gasteiger charge is 2.23. The Morgan fingerprint density at radius 2 is 1.89 bits per heavy atom. The van der Waals surface area contributed by atoms with Crippen LogP contribution in [-0.2, 0) is 4.74 Å². The predicted molar refractivity (Wildman–Crippen MR) is 69.7 cm³/mol. The fourth-order valence-corrected chi connectivity index (χ4v) is 2.12. The number of benzene rings is 1. The van der Waals surface area contributed by atoms with Gasteiger partial charge in [0.2, 0.25) is 0 Å². The minimum absolute atomic E-state index is 0.351. The van der Waals surface area contributed by atoms with E-state index in [0.717, 1.165) is 42.3 Å². The van der Waals surface area contributed by atoms with Crippen molar-refractivity contribution in [1.82, 2.24) is 0 Å². The molecular weight excluding hydrogens is 230 g/mol. The van der Waals surface area contributed by atoms with E-state index < -0.39 is 0 Å². The number of allylic oxidation sites excluding steroid dienone is 1. The van der Waals surface area contributed by atoms with Crippen molar-refractivity contribution < 1.29 is 14.2 Å². The number of hydrogen-bond acceptors (Lipinski definition) is 4. The van der Waals surface area contributed by atoms with Crippen LogP contribution < -0.4 is 15.2 Å². The average molecular weight is 249 g/mol. The molecule has 1 unspecified atom stereocenters. The Bertz CT molecular complexity index is 420. The minimum Gasteiger partial charge on any atom is -0.496 e. The molecule has 4 nitrogen and oxygen atoms in total. The second kappa shape index (κ2) is 5.78. The van der Waals surface area contributed by atoms with Crippen LogP contribution in [0.25, 0.3) is 0 Å². The molecule has 0 bridgehead atoms. The van der Waals surface area contributed by atoms with E-state index in [2.05, 4.69) is 0 Å². The van der Waals surface area contributed by atoms with Crippen molar-refractivity contribution >= 4 is 0 Å². The summed E-state index contributed by atoms with van der Waals surface area (Å²) in [6, 6.07) is 5.28. The minimum atomic E-state index is -0.351. The zero-order chi connectivity index (χ0) is 13.0. The zero-order valence-corrected chi connectivity index (χ0v) is 10.8. The van der Waals surface area contributed by atoms with E-state index in [-0.39, 0.29) is 6.04 Å². The summed E-state index contributed by atoms with van der Waals surface area (Å²) >= 11 is 0. The third kappa shape index (κ3) is 2.43. The molecule has 0 amide bonds. The molecule has 1 aliphatic heterocycles. The average Bonchev–Trinajstić information content (AvgIpc) is 2.46. The van der Waals surface area contributed by atoms with E-state index in [4.69, 9.17) is 19.9 Å². The quantitative estimate of drug-likeness (QED) is 0.890. The summed E-state index contributed by atoms with van der Waals surface area (Å²) in [5.41, 5.74) is 7.10. The Labute approximate surface area is 107 Å². The summed E-state index contributed by atoms with van der Waals surface area (Å²) in [7, 11) is 3.25. The van der Waals surface area contributed by atoms with Crippen molar-refractivity contribution in [2.45, 2.75) is 18.9 Å². The molecule has 1 aromatic rings. The van der Waals surface area contributed by atoms with Crippen LogP contribution in [0.15, 0.2) is 30.0 Å². The van der Waals surface area contributed by atoms with Crippen molar-refractivity contribution in [3.63, 3.8) is 0 Å². The zero-order valence-electron chi connectivity index (χ0n) is 10.8. The maximum absolute atomic E-state index is 6.27. The Hall–Kier alpha value is -1.68. The molecule has 1 atom stereocenters. The second-order valence-electron chi connectivity index (χ2n) is 4.15. The fourth-order valence-electron chi connectivity index (χ4n) is 2.12. The number of hydrogen-bond donors (Lipinski definition) is 1. The Kier molecular flexibility index (Phi) is 4.10. The van der Waals surface area contributed by atoms with Crippen LogP contribution in [0.4, 0.5) is 0 Å². The largest absolute Gasteiger partial charge is 0.496 e. The van der Waals surface area contributed by atoms with Gasteiger partial charge in [0.15, 0.2) is 0 Å². The first-order valence-corrected chi connectivity index (χ1v) is 6.07. The maximum atomic E-state index is 6.27. The van der Waals surface area contributed by atoms with Gasteiger partial charge in [-0.25, -0.2) is 0 Å². The van der Waals surface area contributed by atoms with E-state index in [1.54, 1.807) is 14.2 Å². The smallest absolute Gasteiger partial charge is 0.127 e. The van der Waals surface area contributed by atoms with Crippen molar-refractivity contribution in [3.05, 3.63) is 35.6 Å². The van der Waals surface area contributed by atoms with Gasteiger partial charge in [0.05, 0.1) is 32.4 Å². The molecule has 1 aliphatic rings. The molecule has 2 rings (SSSR count). The van der Waals surface area contributed by atoms with Crippen LogP contribution in [0, 0.1) is 0 Å². The summed E-state index contributed by atoms with van der Waals surface area (Å²) in [5, 5.41) is 0. The van der Waals surface area contributed by atoms with Gasteiger partial charge in [-0.15, -0.1) is 0 Å². The lowest BCUT2D eigenvalue weighted by atomic mass is 10.0. The molecule has 0 spiro atoms. The fraction of sp³-hybridized carbons (Fsp3) is 0.429. The van der Waals surface area contributed by atoms with Gasteiger partial charge < -0.3 is 19.9 Å². The van der Waals surface area contributed by atoms with E-state index in [1.807, 2.05) is 24.3 Å². The Morgan fingerprint density at radius 1 is 1.22 bits per heavy atom. The molecule has 1 heterocycles. The van der Waals surface area contributed by atoms with E-state index in [1.165, 1.54) is 0 Å². The lowest BCUT2D eigenvalue weighted by Gasteiger charge is -2.23. The molecule has 0 radical (unpaired) electrons. The summed E-state index contributed by atoms with van der Waals surface area (Å²) < 4.78 is 16.3. The molecule has 98 valence electrons. The first-order chi connectivity index (χ1) is 8.77. The lowest BCUT2D eigenvalue weighted by Crippen LogP contribution is -2.19. The second-order valence-corrected chi connectivity index (χ2v) is 4.15. The van der Waals surface area contributed by atoms with Gasteiger partial charge in [0.25, 0.3) is 0 Å². The number of rotatable bonds is 4. The van der Waals surface area contributed by atoms with Crippen molar-refractivity contribution in [2.75, 3.05) is 20.8 Å². The molecule has 0 saturated carbocycles. The SMILES string of the molecule is COc1cccc(OC)c1C(N)C1=CCCCO1. The molecule has 18 heavy (non-hydrogen) atoms. The van der Waals surface area contributed by atoms with E-state index in [9.17, 15) is 0 Å². The van der Waals surface area contributed by atoms with Crippen LogP contribution in [0.2, 0.25) is 0 Å². The summed E-state index contributed by atoms with van der Waals surface area (Å²) in [5.74, 6) is 2.23. The topological polar surface area (TPSA) is 53.7 Å². The van der Waals surface area contributed by atoms with Crippen LogP contribution >= 0.6 is 0 Å². The molecule has 0 aromatic heterocycles. The van der Waals surface area contributed by atoms with Crippen molar-refractivity contribution in [2.24, 2.45) is 5.73 Å². The highest BCUT2D eigenvalue weighted by atomic mass is 16.5. The van der Waals surface area contributed by atoms with Gasteiger partial charge in [-0.3, -0.25) is 0 Å². The van der Waals surface area contributed by atoms with Crippen molar-refractivity contribution in [3.8, 4) is 11.5 Å². The molecule has 0 saturated heterocycles. The summed E-state index contributed by atoms with van der Waals surface area (Å²) in [6.07, 6.45) is 4.08. The molecule has 4 heteroatoms. The van der Waals surface area contributed by atoms with E-state index >= 15 is 0 Å². The van der Waals surface area contributed by atoms with Gasteiger partial charge in [0.1, 0.15) is 17.3 Å². The standard InChI is InChI=1S/C14H19NO3/c1-16-10-7-5-8-11(17-2)13(10)14(15)12-6-3-4-9-18-12/h5-8,14H,3-4,9,15H2,1-2H3. The van der Waals surface area contributed by atoms with E-state index in [0.29, 0.717) is 0 Å². The monoisotopic (exact) mass is 249 g/mol. The first kappa shape index (κ1) is 12.8. The van der Waals surface area contributed by atoms with Gasteiger partial charge in [-0.05, 0) is 31.1 Å². The van der Waals surface area contributed by atoms with Gasteiger partial charge in [-0.1, -0.05) is 6.07 Å². The molecule has 0 fully saturated rings. The number of ether oxygens (including phenoxy) is 3. The maximum Gasteiger partial charge on any atom is 0.127 e. The third-order valence-electron chi connectivity index (χ3n) is 3.05.